The molecule has 4 rings (SSSR count). The van der Waals surface area contributed by atoms with Gasteiger partial charge in [0, 0.05) is 43.0 Å². The normalized spacial score (nSPS) is 10.8. The van der Waals surface area contributed by atoms with Crippen molar-refractivity contribution in [3.63, 3.8) is 0 Å². The van der Waals surface area contributed by atoms with E-state index in [9.17, 15) is 18.8 Å². The number of benzene rings is 2. The van der Waals surface area contributed by atoms with Crippen LogP contribution in [0.2, 0.25) is 10.0 Å². The number of aromatic nitrogens is 2. The molecule has 0 atom stereocenters. The molecule has 2 heterocycles. The Balaban J connectivity index is 1.74. The van der Waals surface area contributed by atoms with Crippen molar-refractivity contribution in [3.05, 3.63) is 88.0 Å². The van der Waals surface area contributed by atoms with E-state index in [1.165, 1.54) is 43.7 Å². The first-order valence-corrected chi connectivity index (χ1v) is 10.7. The molecule has 0 bridgehead atoms. The lowest BCUT2D eigenvalue weighted by atomic mass is 10.1. The van der Waals surface area contributed by atoms with E-state index < -0.39 is 17.7 Å². The van der Waals surface area contributed by atoms with Gasteiger partial charge in [0.05, 0.1) is 21.3 Å². The third-order valence-corrected chi connectivity index (χ3v) is 5.50. The maximum absolute atomic E-state index is 13.3. The minimum absolute atomic E-state index is 0.0623. The third-order valence-electron chi connectivity index (χ3n) is 4.92. The first-order valence-electron chi connectivity index (χ1n) is 9.93. The maximum atomic E-state index is 13.3. The summed E-state index contributed by atoms with van der Waals surface area (Å²) in [6.45, 7) is 1.56. The molecule has 0 radical (unpaired) electrons. The van der Waals surface area contributed by atoms with Crippen LogP contribution < -0.4 is 10.1 Å². The molecular formula is C24H16Cl2FN3O4. The summed E-state index contributed by atoms with van der Waals surface area (Å²) >= 11 is 12.1. The Kier molecular flexibility index (Phi) is 6.63. The number of ketones is 1. The van der Waals surface area contributed by atoms with Crippen molar-refractivity contribution in [1.82, 2.24) is 9.55 Å². The lowest BCUT2D eigenvalue weighted by molar-refractivity contribution is -0.131. The van der Waals surface area contributed by atoms with Crippen molar-refractivity contribution in [2.75, 3.05) is 5.32 Å². The minimum atomic E-state index is -0.964. The van der Waals surface area contributed by atoms with Crippen LogP contribution >= 0.6 is 23.2 Å². The Morgan fingerprint density at radius 2 is 1.74 bits per heavy atom. The summed E-state index contributed by atoms with van der Waals surface area (Å²) in [6, 6.07) is 10.7. The van der Waals surface area contributed by atoms with Crippen molar-refractivity contribution in [3.8, 4) is 5.75 Å². The molecule has 172 valence electrons. The average molecular weight is 500 g/mol. The van der Waals surface area contributed by atoms with Gasteiger partial charge in [-0.2, -0.15) is 0 Å². The number of carbonyl (C=O) groups excluding carboxylic acids is 3. The fourth-order valence-corrected chi connectivity index (χ4v) is 3.89. The first-order chi connectivity index (χ1) is 16.2. The molecule has 0 aliphatic carbocycles. The number of Topliss-reactive ketones (excluding diaryl/α,β-unsaturated/α-hetero) is 1. The minimum Gasteiger partial charge on any atom is -0.427 e. The van der Waals surface area contributed by atoms with E-state index in [1.807, 2.05) is 0 Å². The van der Waals surface area contributed by atoms with E-state index in [0.29, 0.717) is 17.4 Å². The molecule has 0 saturated carbocycles. The summed E-state index contributed by atoms with van der Waals surface area (Å²) in [5.41, 5.74) is 1.52. The monoisotopic (exact) mass is 499 g/mol. The fourth-order valence-electron chi connectivity index (χ4n) is 3.43. The van der Waals surface area contributed by atoms with E-state index in [1.54, 1.807) is 28.8 Å². The Morgan fingerprint density at radius 3 is 2.38 bits per heavy atom. The molecule has 1 N–H and O–H groups in total. The highest BCUT2D eigenvalue weighted by molar-refractivity contribution is 6.50. The summed E-state index contributed by atoms with van der Waals surface area (Å²) in [5.74, 6) is -2.50. The van der Waals surface area contributed by atoms with Crippen molar-refractivity contribution in [2.45, 2.75) is 13.5 Å². The molecule has 1 amide bonds. The van der Waals surface area contributed by atoms with E-state index in [2.05, 4.69) is 10.3 Å². The standard InChI is InChI=1S/C24H16Cl2FN3O4/c1-13(31)34-16-6-7-21-17(8-16)18(12-30(21)11-14-2-4-15(27)5-3-14)23(32)24(33)29-22-19(25)9-28-10-20(22)26/h2-10,12H,11H2,1H3,(H,28,29,33). The number of amides is 1. The second-order valence-electron chi connectivity index (χ2n) is 7.33. The molecule has 0 fully saturated rings. The molecule has 2 aromatic carbocycles. The van der Waals surface area contributed by atoms with Crippen LogP contribution in [-0.4, -0.2) is 27.2 Å². The van der Waals surface area contributed by atoms with Crippen LogP contribution in [0.25, 0.3) is 10.9 Å². The van der Waals surface area contributed by atoms with Gasteiger partial charge in [-0.15, -0.1) is 0 Å². The van der Waals surface area contributed by atoms with Gasteiger partial charge >= 0.3 is 5.97 Å². The third kappa shape index (κ3) is 4.93. The van der Waals surface area contributed by atoms with Crippen LogP contribution in [0.4, 0.5) is 10.1 Å². The van der Waals surface area contributed by atoms with Crippen LogP contribution in [0.1, 0.15) is 22.8 Å². The van der Waals surface area contributed by atoms with Crippen LogP contribution in [0.15, 0.2) is 61.1 Å². The number of hydrogen-bond donors (Lipinski definition) is 1. The summed E-state index contributed by atoms with van der Waals surface area (Å²) in [4.78, 5) is 41.1. The van der Waals surface area contributed by atoms with E-state index in [-0.39, 0.29) is 32.9 Å². The molecule has 0 aliphatic heterocycles. The van der Waals surface area contributed by atoms with E-state index in [4.69, 9.17) is 27.9 Å². The molecule has 4 aromatic rings. The van der Waals surface area contributed by atoms with Crippen LogP contribution in [0.5, 0.6) is 5.75 Å². The zero-order valence-corrected chi connectivity index (χ0v) is 19.2. The van der Waals surface area contributed by atoms with Gasteiger partial charge < -0.3 is 14.6 Å². The lowest BCUT2D eigenvalue weighted by Crippen LogP contribution is -2.23. The maximum Gasteiger partial charge on any atom is 0.308 e. The van der Waals surface area contributed by atoms with Gasteiger partial charge in [-0.1, -0.05) is 35.3 Å². The Labute approximate surface area is 203 Å². The highest BCUT2D eigenvalue weighted by atomic mass is 35.5. The SMILES string of the molecule is CC(=O)Oc1ccc2c(c1)c(C(=O)C(=O)Nc1c(Cl)cncc1Cl)cn2Cc1ccc(F)cc1. The fraction of sp³-hybridized carbons (Fsp3) is 0.0833. The zero-order valence-electron chi connectivity index (χ0n) is 17.6. The van der Waals surface area contributed by atoms with Gasteiger partial charge in [-0.25, -0.2) is 4.39 Å². The van der Waals surface area contributed by atoms with Crippen molar-refractivity contribution in [2.24, 2.45) is 0 Å². The molecule has 0 unspecified atom stereocenters. The van der Waals surface area contributed by atoms with Gasteiger partial charge in [0.2, 0.25) is 0 Å². The molecular weight excluding hydrogens is 484 g/mol. The topological polar surface area (TPSA) is 90.3 Å². The number of esters is 1. The zero-order chi connectivity index (χ0) is 24.4. The molecule has 7 nitrogen and oxygen atoms in total. The number of nitrogens with zero attached hydrogens (tertiary/aromatic N) is 2. The summed E-state index contributed by atoms with van der Waals surface area (Å²) in [5, 5.41) is 2.97. The quantitative estimate of drug-likeness (QED) is 0.169. The molecule has 2 aromatic heterocycles. The molecule has 0 spiro atoms. The number of anilines is 1. The number of halogens is 3. The van der Waals surface area contributed by atoms with Gasteiger partial charge in [0.25, 0.3) is 11.7 Å². The Hall–Kier alpha value is -3.75. The van der Waals surface area contributed by atoms with Crippen molar-refractivity contribution >= 4 is 57.5 Å². The number of rotatable bonds is 6. The summed E-state index contributed by atoms with van der Waals surface area (Å²) in [6.07, 6.45) is 4.09. The van der Waals surface area contributed by atoms with Gasteiger partial charge in [-0.3, -0.25) is 19.4 Å². The van der Waals surface area contributed by atoms with Crippen LogP contribution in [-0.2, 0) is 16.1 Å². The number of fused-ring (bicyclic) bond motifs is 1. The predicted octanol–water partition coefficient (Wildman–Crippen LogP) is 5.28. The largest absolute Gasteiger partial charge is 0.427 e. The summed E-state index contributed by atoms with van der Waals surface area (Å²) in [7, 11) is 0. The highest BCUT2D eigenvalue weighted by Gasteiger charge is 2.24. The number of carbonyl (C=O) groups is 3. The number of ether oxygens (including phenoxy) is 1. The number of hydrogen-bond acceptors (Lipinski definition) is 5. The molecule has 0 aliphatic rings. The van der Waals surface area contributed by atoms with E-state index in [0.717, 1.165) is 5.56 Å². The van der Waals surface area contributed by atoms with Gasteiger partial charge in [0.15, 0.2) is 0 Å². The smallest absolute Gasteiger partial charge is 0.308 e. The predicted molar refractivity (Wildman–Crippen MR) is 126 cm³/mol. The Morgan fingerprint density at radius 1 is 1.06 bits per heavy atom. The lowest BCUT2D eigenvalue weighted by Gasteiger charge is -2.07. The Bertz CT molecular complexity index is 1410. The molecule has 34 heavy (non-hydrogen) atoms. The summed E-state index contributed by atoms with van der Waals surface area (Å²) < 4.78 is 20.2. The molecule has 10 heteroatoms. The highest BCUT2D eigenvalue weighted by Crippen LogP contribution is 2.30. The second kappa shape index (κ2) is 9.62. The molecule has 0 saturated heterocycles. The van der Waals surface area contributed by atoms with Crippen molar-refractivity contribution in [1.29, 1.82) is 0 Å². The second-order valence-corrected chi connectivity index (χ2v) is 8.15. The van der Waals surface area contributed by atoms with Crippen LogP contribution in [0.3, 0.4) is 0 Å². The van der Waals surface area contributed by atoms with E-state index >= 15 is 0 Å². The van der Waals surface area contributed by atoms with Gasteiger partial charge in [0.1, 0.15) is 11.6 Å². The van der Waals surface area contributed by atoms with Crippen LogP contribution in [0, 0.1) is 5.82 Å². The van der Waals surface area contributed by atoms with Crippen molar-refractivity contribution < 1.29 is 23.5 Å². The average Bonchev–Trinajstić information content (AvgIpc) is 3.14. The van der Waals surface area contributed by atoms with Gasteiger partial charge in [-0.05, 0) is 35.9 Å². The number of nitrogens with one attached hydrogen (secondary N) is 1. The number of pyridine rings is 1. The first kappa shape index (κ1) is 23.4.